The van der Waals surface area contributed by atoms with Crippen molar-refractivity contribution in [2.45, 2.75) is 45.6 Å². The van der Waals surface area contributed by atoms with E-state index in [1.165, 1.54) is 11.3 Å². The Labute approximate surface area is 178 Å². The van der Waals surface area contributed by atoms with Crippen LogP contribution in [0.15, 0.2) is 23.6 Å². The van der Waals surface area contributed by atoms with E-state index in [9.17, 15) is 4.79 Å². The number of benzene rings is 1. The Bertz CT molecular complexity index is 823. The highest BCUT2D eigenvalue weighted by Crippen LogP contribution is 2.28. The van der Waals surface area contributed by atoms with Gasteiger partial charge in [0.25, 0.3) is 5.91 Å². The second-order valence-electron chi connectivity index (χ2n) is 6.92. The van der Waals surface area contributed by atoms with Crippen LogP contribution in [0.3, 0.4) is 0 Å². The molecule has 1 aromatic carbocycles. The Hall–Kier alpha value is -1.38. The zero-order valence-corrected chi connectivity index (χ0v) is 18.3. The predicted octanol–water partition coefficient (Wildman–Crippen LogP) is 4.47. The number of carbonyl (C=O) groups excluding carboxylic acids is 1. The molecule has 2 heterocycles. The first-order valence-electron chi connectivity index (χ1n) is 9.05. The number of carbonyl (C=O) groups is 1. The molecule has 1 N–H and O–H groups in total. The van der Waals surface area contributed by atoms with E-state index < -0.39 is 6.10 Å². The van der Waals surface area contributed by atoms with Crippen LogP contribution >= 0.6 is 34.5 Å². The van der Waals surface area contributed by atoms with Crippen LogP contribution < -0.4 is 10.1 Å². The minimum atomic E-state index is -0.730. The lowest BCUT2D eigenvalue weighted by Crippen LogP contribution is -2.44. The van der Waals surface area contributed by atoms with Gasteiger partial charge in [-0.2, -0.15) is 0 Å². The van der Waals surface area contributed by atoms with Gasteiger partial charge in [0.15, 0.2) is 11.2 Å². The molecule has 1 aromatic heterocycles. The monoisotopic (exact) mass is 443 g/mol. The summed E-state index contributed by atoms with van der Waals surface area (Å²) in [5.74, 6) is 0.115. The Morgan fingerprint density at radius 2 is 2.11 bits per heavy atom. The molecule has 0 aliphatic carbocycles. The first-order chi connectivity index (χ1) is 13.3. The van der Waals surface area contributed by atoms with Gasteiger partial charge in [-0.05, 0) is 39.0 Å². The minimum Gasteiger partial charge on any atom is -0.479 e. The molecule has 0 saturated carbocycles. The number of halogens is 2. The van der Waals surface area contributed by atoms with E-state index in [4.69, 9.17) is 32.7 Å². The van der Waals surface area contributed by atoms with Gasteiger partial charge in [0.1, 0.15) is 5.75 Å². The molecule has 6 nitrogen and oxygen atoms in total. The molecule has 1 amide bonds. The van der Waals surface area contributed by atoms with Crippen LogP contribution in [0.5, 0.6) is 5.75 Å². The van der Waals surface area contributed by atoms with Crippen LogP contribution in [0.2, 0.25) is 10.0 Å². The van der Waals surface area contributed by atoms with Crippen molar-refractivity contribution < 1.29 is 14.3 Å². The molecule has 0 radical (unpaired) electrons. The summed E-state index contributed by atoms with van der Waals surface area (Å²) in [5.41, 5.74) is 0.927. The fourth-order valence-electron chi connectivity index (χ4n) is 3.10. The predicted molar refractivity (Wildman–Crippen MR) is 113 cm³/mol. The first kappa shape index (κ1) is 21.3. The van der Waals surface area contributed by atoms with Crippen LogP contribution in [0, 0.1) is 0 Å². The lowest BCUT2D eigenvalue weighted by atomic mass is 10.2. The number of anilines is 1. The second-order valence-corrected chi connectivity index (χ2v) is 8.62. The molecule has 9 heteroatoms. The maximum absolute atomic E-state index is 12.4. The zero-order valence-electron chi connectivity index (χ0n) is 15.9. The Morgan fingerprint density at radius 1 is 1.39 bits per heavy atom. The van der Waals surface area contributed by atoms with E-state index in [1.54, 1.807) is 25.1 Å². The molecule has 152 valence electrons. The fraction of sp³-hybridized carbons (Fsp3) is 0.474. The molecule has 0 bridgehead atoms. The topological polar surface area (TPSA) is 63.7 Å². The molecule has 2 aromatic rings. The van der Waals surface area contributed by atoms with Crippen molar-refractivity contribution in [3.05, 3.63) is 39.3 Å². The zero-order chi connectivity index (χ0) is 20.3. The Balaban J connectivity index is 1.54. The largest absolute Gasteiger partial charge is 0.479 e. The molecule has 1 fully saturated rings. The molecule has 28 heavy (non-hydrogen) atoms. The highest BCUT2D eigenvalue weighted by Gasteiger charge is 2.23. The SMILES string of the molecule is CC1CN(Cc2csc(NC(=O)C(C)Oc3ccc(Cl)cc3Cl)n2)CC(C)O1. The maximum Gasteiger partial charge on any atom is 0.266 e. The molecule has 1 aliphatic rings. The normalized spacial score (nSPS) is 21.3. The number of morpholine rings is 1. The number of hydrogen-bond acceptors (Lipinski definition) is 6. The summed E-state index contributed by atoms with van der Waals surface area (Å²) in [6.45, 7) is 8.28. The smallest absolute Gasteiger partial charge is 0.266 e. The van der Waals surface area contributed by atoms with E-state index in [0.29, 0.717) is 20.9 Å². The summed E-state index contributed by atoms with van der Waals surface area (Å²) in [6, 6.07) is 4.87. The lowest BCUT2D eigenvalue weighted by Gasteiger charge is -2.34. The Kier molecular flexibility index (Phi) is 7.17. The number of nitrogens with zero attached hydrogens (tertiary/aromatic N) is 2. The Morgan fingerprint density at radius 3 is 2.79 bits per heavy atom. The van der Waals surface area contributed by atoms with Crippen LogP contribution in [0.1, 0.15) is 26.5 Å². The van der Waals surface area contributed by atoms with Gasteiger partial charge in [-0.1, -0.05) is 23.2 Å². The number of nitrogens with one attached hydrogen (secondary N) is 1. The second kappa shape index (κ2) is 9.41. The number of amides is 1. The van der Waals surface area contributed by atoms with Gasteiger partial charge in [0, 0.05) is 30.0 Å². The van der Waals surface area contributed by atoms with Gasteiger partial charge in [-0.25, -0.2) is 4.98 Å². The van der Waals surface area contributed by atoms with E-state index in [-0.39, 0.29) is 18.1 Å². The number of rotatable bonds is 6. The summed E-state index contributed by atoms with van der Waals surface area (Å²) in [5, 5.41) is 6.17. The van der Waals surface area contributed by atoms with E-state index in [2.05, 4.69) is 29.0 Å². The van der Waals surface area contributed by atoms with Gasteiger partial charge < -0.3 is 9.47 Å². The number of aromatic nitrogens is 1. The van der Waals surface area contributed by atoms with Crippen molar-refractivity contribution in [2.75, 3.05) is 18.4 Å². The van der Waals surface area contributed by atoms with Crippen molar-refractivity contribution in [3.63, 3.8) is 0 Å². The summed E-state index contributed by atoms with van der Waals surface area (Å²) >= 11 is 13.4. The quantitative estimate of drug-likeness (QED) is 0.713. The molecule has 1 saturated heterocycles. The number of thiazole rings is 1. The minimum absolute atomic E-state index is 0.208. The third-order valence-corrected chi connectivity index (χ3v) is 5.57. The van der Waals surface area contributed by atoms with Crippen molar-refractivity contribution in [1.29, 1.82) is 0 Å². The maximum atomic E-state index is 12.4. The molecule has 0 spiro atoms. The van der Waals surface area contributed by atoms with Crippen molar-refractivity contribution in [2.24, 2.45) is 0 Å². The van der Waals surface area contributed by atoms with Crippen LogP contribution in [0.25, 0.3) is 0 Å². The highest BCUT2D eigenvalue weighted by molar-refractivity contribution is 7.13. The standard InChI is InChI=1S/C19H23Cl2N3O3S/c1-11-7-24(8-12(2)26-11)9-15-10-28-19(22-15)23-18(25)13(3)27-17-5-4-14(20)6-16(17)21/h4-6,10-13H,7-9H2,1-3H3,(H,22,23,25). The third kappa shape index (κ3) is 5.81. The molecule has 3 atom stereocenters. The van der Waals surface area contributed by atoms with Gasteiger partial charge in [-0.15, -0.1) is 11.3 Å². The summed E-state index contributed by atoms with van der Waals surface area (Å²) in [4.78, 5) is 19.2. The van der Waals surface area contributed by atoms with Gasteiger partial charge in [0.05, 0.1) is 22.9 Å². The number of hydrogen-bond donors (Lipinski definition) is 1. The molecule has 3 unspecified atom stereocenters. The number of ether oxygens (including phenoxy) is 2. The van der Waals surface area contributed by atoms with Gasteiger partial charge in [0.2, 0.25) is 0 Å². The van der Waals surface area contributed by atoms with Gasteiger partial charge >= 0.3 is 0 Å². The van der Waals surface area contributed by atoms with Crippen LogP contribution in [-0.4, -0.2) is 47.2 Å². The van der Waals surface area contributed by atoms with Gasteiger partial charge in [-0.3, -0.25) is 15.0 Å². The molecule has 3 rings (SSSR count). The molecular weight excluding hydrogens is 421 g/mol. The average Bonchev–Trinajstić information content (AvgIpc) is 3.03. The van der Waals surface area contributed by atoms with E-state index >= 15 is 0 Å². The lowest BCUT2D eigenvalue weighted by molar-refractivity contribution is -0.122. The van der Waals surface area contributed by atoms with Crippen molar-refractivity contribution >= 4 is 45.6 Å². The highest BCUT2D eigenvalue weighted by atomic mass is 35.5. The molecular formula is C19H23Cl2N3O3S. The summed E-state index contributed by atoms with van der Waals surface area (Å²) in [7, 11) is 0. The summed E-state index contributed by atoms with van der Waals surface area (Å²) < 4.78 is 11.4. The van der Waals surface area contributed by atoms with Crippen molar-refractivity contribution in [1.82, 2.24) is 9.88 Å². The first-order valence-corrected chi connectivity index (χ1v) is 10.7. The van der Waals surface area contributed by atoms with Crippen LogP contribution in [0.4, 0.5) is 5.13 Å². The average molecular weight is 444 g/mol. The third-order valence-electron chi connectivity index (χ3n) is 4.23. The fourth-order valence-corrected chi connectivity index (χ4v) is 4.26. The van der Waals surface area contributed by atoms with E-state index in [0.717, 1.165) is 25.3 Å². The summed E-state index contributed by atoms with van der Waals surface area (Å²) in [6.07, 6.45) is -0.314. The molecule has 1 aliphatic heterocycles. The van der Waals surface area contributed by atoms with E-state index in [1.807, 2.05) is 5.38 Å². The van der Waals surface area contributed by atoms with Crippen LogP contribution in [-0.2, 0) is 16.1 Å². The van der Waals surface area contributed by atoms with Crippen molar-refractivity contribution in [3.8, 4) is 5.75 Å².